The van der Waals surface area contributed by atoms with Crippen molar-refractivity contribution in [2.75, 3.05) is 14.1 Å². The lowest BCUT2D eigenvalue weighted by Crippen LogP contribution is -2.56. The van der Waals surface area contributed by atoms with Crippen LogP contribution in [-0.2, 0) is 4.79 Å². The number of carbonyl (C=O) groups excluding carboxylic acids is 2. The monoisotopic (exact) mass is 173 g/mol. The minimum atomic E-state index is -0.880. The average molecular weight is 173 g/mol. The molecule has 0 aromatic rings. The van der Waals surface area contributed by atoms with E-state index in [1.165, 1.54) is 14.1 Å². The second-order valence-corrected chi connectivity index (χ2v) is 2.91. The number of amides is 3. The van der Waals surface area contributed by atoms with E-state index in [0.717, 1.165) is 0 Å². The van der Waals surface area contributed by atoms with Crippen LogP contribution in [0.4, 0.5) is 4.79 Å². The van der Waals surface area contributed by atoms with Crippen LogP contribution in [0, 0.1) is 0 Å². The van der Waals surface area contributed by atoms with E-state index >= 15 is 0 Å². The van der Waals surface area contributed by atoms with Gasteiger partial charge in [-0.15, -0.1) is 0 Å². The smallest absolute Gasteiger partial charge is 0.315 e. The molecule has 70 valence electrons. The van der Waals surface area contributed by atoms with Crippen molar-refractivity contribution in [3.05, 3.63) is 0 Å². The fraction of sp³-hybridized carbons (Fsp3) is 0.714. The van der Waals surface area contributed by atoms with Crippen molar-refractivity contribution in [2.45, 2.75) is 19.4 Å². The van der Waals surface area contributed by atoms with E-state index < -0.39 is 5.54 Å². The quantitative estimate of drug-likeness (QED) is 0.524. The SMILES string of the molecule is CNC(=O)NC(C)(C)C(=O)NC. The van der Waals surface area contributed by atoms with Gasteiger partial charge in [0.25, 0.3) is 0 Å². The summed E-state index contributed by atoms with van der Waals surface area (Å²) in [6.07, 6.45) is 0. The molecular formula is C7H15N3O2. The van der Waals surface area contributed by atoms with Crippen LogP contribution < -0.4 is 16.0 Å². The van der Waals surface area contributed by atoms with Crippen LogP contribution in [0.2, 0.25) is 0 Å². The normalized spacial score (nSPS) is 10.3. The Morgan fingerprint density at radius 3 is 1.92 bits per heavy atom. The average Bonchev–Trinajstić information content (AvgIpc) is 2.02. The highest BCUT2D eigenvalue weighted by molar-refractivity contribution is 5.89. The maximum atomic E-state index is 11.1. The summed E-state index contributed by atoms with van der Waals surface area (Å²) in [6.45, 7) is 3.25. The summed E-state index contributed by atoms with van der Waals surface area (Å²) in [5.41, 5.74) is -0.880. The Balaban J connectivity index is 4.21. The summed E-state index contributed by atoms with van der Waals surface area (Å²) in [4.78, 5) is 22.0. The van der Waals surface area contributed by atoms with E-state index in [2.05, 4.69) is 16.0 Å². The van der Waals surface area contributed by atoms with Crippen LogP contribution in [0.1, 0.15) is 13.8 Å². The molecule has 0 aromatic heterocycles. The predicted octanol–water partition coefficient (Wildman–Crippen LogP) is -0.560. The van der Waals surface area contributed by atoms with Crippen molar-refractivity contribution in [3.63, 3.8) is 0 Å². The largest absolute Gasteiger partial charge is 0.357 e. The molecule has 5 nitrogen and oxygen atoms in total. The molecule has 0 unspecified atom stereocenters. The molecular weight excluding hydrogens is 158 g/mol. The van der Waals surface area contributed by atoms with Gasteiger partial charge in [0.1, 0.15) is 5.54 Å². The van der Waals surface area contributed by atoms with E-state index in [0.29, 0.717) is 0 Å². The molecule has 3 amide bonds. The van der Waals surface area contributed by atoms with E-state index in [1.54, 1.807) is 13.8 Å². The Kier molecular flexibility index (Phi) is 3.53. The van der Waals surface area contributed by atoms with Gasteiger partial charge in [-0.05, 0) is 13.8 Å². The summed E-state index contributed by atoms with van der Waals surface area (Å²) in [6, 6.07) is -0.372. The maximum Gasteiger partial charge on any atom is 0.315 e. The lowest BCUT2D eigenvalue weighted by molar-refractivity contribution is -0.125. The lowest BCUT2D eigenvalue weighted by Gasteiger charge is -2.23. The second kappa shape index (κ2) is 3.94. The second-order valence-electron chi connectivity index (χ2n) is 2.91. The van der Waals surface area contributed by atoms with E-state index in [4.69, 9.17) is 0 Å². The molecule has 0 aromatic carbocycles. The van der Waals surface area contributed by atoms with Crippen molar-refractivity contribution in [2.24, 2.45) is 0 Å². The van der Waals surface area contributed by atoms with Gasteiger partial charge >= 0.3 is 6.03 Å². The number of nitrogens with one attached hydrogen (secondary N) is 3. The molecule has 0 fully saturated rings. The Labute approximate surface area is 71.9 Å². The van der Waals surface area contributed by atoms with Crippen molar-refractivity contribution >= 4 is 11.9 Å². The first-order valence-electron chi connectivity index (χ1n) is 3.66. The Morgan fingerprint density at radius 2 is 1.58 bits per heavy atom. The third-order valence-corrected chi connectivity index (χ3v) is 1.45. The minimum Gasteiger partial charge on any atom is -0.357 e. The van der Waals surface area contributed by atoms with Gasteiger partial charge in [0.05, 0.1) is 0 Å². The number of hydrogen-bond donors (Lipinski definition) is 3. The first-order chi connectivity index (χ1) is 5.44. The van der Waals surface area contributed by atoms with Gasteiger partial charge in [-0.3, -0.25) is 4.79 Å². The highest BCUT2D eigenvalue weighted by atomic mass is 16.2. The van der Waals surface area contributed by atoms with Crippen LogP contribution >= 0.6 is 0 Å². The fourth-order valence-electron chi connectivity index (χ4n) is 0.716. The first-order valence-corrected chi connectivity index (χ1v) is 3.66. The Hall–Kier alpha value is -1.26. The molecule has 0 spiro atoms. The summed E-state index contributed by atoms with van der Waals surface area (Å²) >= 11 is 0. The molecule has 0 rings (SSSR count). The molecule has 0 aliphatic carbocycles. The third-order valence-electron chi connectivity index (χ3n) is 1.45. The first kappa shape index (κ1) is 10.7. The number of carbonyl (C=O) groups is 2. The van der Waals surface area contributed by atoms with Crippen molar-refractivity contribution in [1.82, 2.24) is 16.0 Å². The topological polar surface area (TPSA) is 70.2 Å². The molecule has 0 aliphatic heterocycles. The maximum absolute atomic E-state index is 11.1. The van der Waals surface area contributed by atoms with Gasteiger partial charge in [-0.1, -0.05) is 0 Å². The molecule has 0 bridgehead atoms. The van der Waals surface area contributed by atoms with Crippen molar-refractivity contribution < 1.29 is 9.59 Å². The number of rotatable bonds is 2. The highest BCUT2D eigenvalue weighted by Crippen LogP contribution is 2.00. The van der Waals surface area contributed by atoms with E-state index in [9.17, 15) is 9.59 Å². The highest BCUT2D eigenvalue weighted by Gasteiger charge is 2.27. The number of likely N-dealkylation sites (N-methyl/N-ethyl adjacent to an activating group) is 1. The molecule has 0 atom stereocenters. The van der Waals surface area contributed by atoms with Crippen LogP contribution in [0.15, 0.2) is 0 Å². The Bertz CT molecular complexity index is 189. The van der Waals surface area contributed by atoms with Gasteiger partial charge in [0.15, 0.2) is 0 Å². The Morgan fingerprint density at radius 1 is 1.08 bits per heavy atom. The van der Waals surface area contributed by atoms with E-state index in [1.807, 2.05) is 0 Å². The molecule has 12 heavy (non-hydrogen) atoms. The van der Waals surface area contributed by atoms with Gasteiger partial charge in [-0.2, -0.15) is 0 Å². The zero-order valence-electron chi connectivity index (χ0n) is 7.82. The molecule has 3 N–H and O–H groups in total. The lowest BCUT2D eigenvalue weighted by atomic mass is 10.1. The van der Waals surface area contributed by atoms with Gasteiger partial charge in [-0.25, -0.2) is 4.79 Å². The molecule has 5 heteroatoms. The number of hydrogen-bond acceptors (Lipinski definition) is 2. The zero-order valence-corrected chi connectivity index (χ0v) is 7.82. The van der Waals surface area contributed by atoms with Gasteiger partial charge in [0, 0.05) is 14.1 Å². The molecule has 0 aliphatic rings. The van der Waals surface area contributed by atoms with Crippen molar-refractivity contribution in [1.29, 1.82) is 0 Å². The zero-order chi connectivity index (χ0) is 9.78. The molecule has 0 saturated carbocycles. The summed E-state index contributed by atoms with van der Waals surface area (Å²) in [5, 5.41) is 7.32. The van der Waals surface area contributed by atoms with Crippen LogP contribution in [0.3, 0.4) is 0 Å². The predicted molar refractivity (Wildman–Crippen MR) is 45.7 cm³/mol. The standard InChI is InChI=1S/C7H15N3O2/c1-7(2,5(11)8-3)10-6(12)9-4/h1-4H3,(H,8,11)(H2,9,10,12). The molecule has 0 heterocycles. The van der Waals surface area contributed by atoms with Crippen LogP contribution in [0.25, 0.3) is 0 Å². The van der Waals surface area contributed by atoms with Crippen LogP contribution in [0.5, 0.6) is 0 Å². The van der Waals surface area contributed by atoms with Gasteiger partial charge < -0.3 is 16.0 Å². The number of urea groups is 1. The molecule has 0 saturated heterocycles. The molecule has 0 radical (unpaired) electrons. The van der Waals surface area contributed by atoms with E-state index in [-0.39, 0.29) is 11.9 Å². The summed E-state index contributed by atoms with van der Waals surface area (Å²) in [7, 11) is 3.02. The third kappa shape index (κ3) is 2.77. The van der Waals surface area contributed by atoms with Gasteiger partial charge in [0.2, 0.25) is 5.91 Å². The minimum absolute atomic E-state index is 0.230. The summed E-state index contributed by atoms with van der Waals surface area (Å²) < 4.78 is 0. The fourth-order valence-corrected chi connectivity index (χ4v) is 0.716. The summed E-state index contributed by atoms with van der Waals surface area (Å²) in [5.74, 6) is -0.230. The van der Waals surface area contributed by atoms with Crippen molar-refractivity contribution in [3.8, 4) is 0 Å². The van der Waals surface area contributed by atoms with Crippen LogP contribution in [-0.4, -0.2) is 31.6 Å².